The first-order chi connectivity index (χ1) is 12.6. The second-order valence-electron chi connectivity index (χ2n) is 6.45. The van der Waals surface area contributed by atoms with Crippen molar-refractivity contribution in [3.63, 3.8) is 0 Å². The summed E-state index contributed by atoms with van der Waals surface area (Å²) in [5, 5.41) is 3.88. The minimum absolute atomic E-state index is 0.242. The van der Waals surface area contributed by atoms with Crippen LogP contribution in [-0.2, 0) is 16.0 Å². The molecule has 0 spiro atoms. The van der Waals surface area contributed by atoms with E-state index < -0.39 is 5.91 Å². The van der Waals surface area contributed by atoms with Gasteiger partial charge in [0, 0.05) is 41.3 Å². The minimum Gasteiger partial charge on any atom is -0.354 e. The summed E-state index contributed by atoms with van der Waals surface area (Å²) < 4.78 is 0. The van der Waals surface area contributed by atoms with E-state index in [9.17, 15) is 9.59 Å². The number of nitrogens with one attached hydrogen (secondary N) is 2. The fourth-order valence-corrected chi connectivity index (χ4v) is 3.01. The summed E-state index contributed by atoms with van der Waals surface area (Å²) in [6.07, 6.45) is 4.86. The maximum Gasteiger partial charge on any atom is 0.287 e. The van der Waals surface area contributed by atoms with Crippen LogP contribution in [0.25, 0.3) is 22.2 Å². The number of H-pyrrole nitrogens is 1. The summed E-state index contributed by atoms with van der Waals surface area (Å²) in [6, 6.07) is 12.0. The Morgan fingerprint density at radius 1 is 1.19 bits per heavy atom. The molecule has 0 radical (unpaired) electrons. The van der Waals surface area contributed by atoms with E-state index in [2.05, 4.69) is 21.4 Å². The number of aromatic amines is 1. The molecule has 1 aromatic carbocycles. The Kier molecular flexibility index (Phi) is 5.46. The van der Waals surface area contributed by atoms with Gasteiger partial charge in [-0.3, -0.25) is 14.6 Å². The van der Waals surface area contributed by atoms with Gasteiger partial charge in [-0.1, -0.05) is 32.0 Å². The number of pyridine rings is 1. The van der Waals surface area contributed by atoms with Gasteiger partial charge in [-0.2, -0.15) is 0 Å². The van der Waals surface area contributed by atoms with E-state index in [0.717, 1.165) is 27.7 Å². The van der Waals surface area contributed by atoms with Gasteiger partial charge in [-0.15, -0.1) is 0 Å². The molecule has 2 heterocycles. The Morgan fingerprint density at radius 2 is 2.00 bits per heavy atom. The summed E-state index contributed by atoms with van der Waals surface area (Å²) in [5.74, 6) is -1.09. The lowest BCUT2D eigenvalue weighted by atomic mass is 10.0. The van der Waals surface area contributed by atoms with Gasteiger partial charge in [0.2, 0.25) is 5.78 Å². The van der Waals surface area contributed by atoms with Crippen molar-refractivity contribution in [2.24, 2.45) is 5.92 Å². The van der Waals surface area contributed by atoms with E-state index in [0.29, 0.717) is 19.4 Å². The molecule has 0 aliphatic rings. The third-order valence-electron chi connectivity index (χ3n) is 4.71. The van der Waals surface area contributed by atoms with Crippen LogP contribution in [0.5, 0.6) is 0 Å². The van der Waals surface area contributed by atoms with E-state index in [4.69, 9.17) is 0 Å². The van der Waals surface area contributed by atoms with Gasteiger partial charge in [-0.25, -0.2) is 0 Å². The Morgan fingerprint density at radius 3 is 2.73 bits per heavy atom. The highest BCUT2D eigenvalue weighted by Crippen LogP contribution is 2.30. The summed E-state index contributed by atoms with van der Waals surface area (Å²) in [5.41, 5.74) is 4.16. The number of hydrogen-bond acceptors (Lipinski definition) is 3. The molecule has 0 saturated heterocycles. The Balaban J connectivity index is 1.81. The molecular weight excluding hydrogens is 326 g/mol. The van der Waals surface area contributed by atoms with Gasteiger partial charge in [0.25, 0.3) is 5.91 Å². The molecule has 2 N–H and O–H groups in total. The highest BCUT2D eigenvalue weighted by Gasteiger charge is 2.19. The average Bonchev–Trinajstić information content (AvgIpc) is 3.06. The zero-order valence-electron chi connectivity index (χ0n) is 15.1. The molecule has 134 valence electrons. The van der Waals surface area contributed by atoms with Crippen molar-refractivity contribution in [3.8, 4) is 11.3 Å². The Hall–Kier alpha value is -2.95. The molecule has 0 aliphatic heterocycles. The van der Waals surface area contributed by atoms with E-state index in [-0.39, 0.29) is 11.7 Å². The largest absolute Gasteiger partial charge is 0.354 e. The number of rotatable bonds is 7. The normalized spacial score (nSPS) is 12.1. The van der Waals surface area contributed by atoms with Gasteiger partial charge in [0.1, 0.15) is 0 Å². The lowest BCUT2D eigenvalue weighted by molar-refractivity contribution is -0.140. The number of fused-ring (bicyclic) bond motifs is 1. The minimum atomic E-state index is -0.498. The molecule has 2 aromatic heterocycles. The van der Waals surface area contributed by atoms with Crippen molar-refractivity contribution in [1.29, 1.82) is 0 Å². The third-order valence-corrected chi connectivity index (χ3v) is 4.71. The van der Waals surface area contributed by atoms with Gasteiger partial charge in [0.05, 0.1) is 5.69 Å². The topological polar surface area (TPSA) is 74.8 Å². The number of aromatic nitrogens is 2. The van der Waals surface area contributed by atoms with Gasteiger partial charge < -0.3 is 10.3 Å². The van der Waals surface area contributed by atoms with Gasteiger partial charge >= 0.3 is 0 Å². The smallest absolute Gasteiger partial charge is 0.287 e. The third kappa shape index (κ3) is 3.67. The van der Waals surface area contributed by atoms with Crippen molar-refractivity contribution < 1.29 is 9.59 Å². The van der Waals surface area contributed by atoms with E-state index in [1.54, 1.807) is 13.1 Å². The second-order valence-corrected chi connectivity index (χ2v) is 6.45. The molecule has 1 amide bonds. The number of carbonyl (C=O) groups is 2. The van der Waals surface area contributed by atoms with Crippen molar-refractivity contribution in [3.05, 3.63) is 54.4 Å². The van der Waals surface area contributed by atoms with Gasteiger partial charge in [-0.05, 0) is 36.6 Å². The van der Waals surface area contributed by atoms with Crippen LogP contribution in [0, 0.1) is 5.92 Å². The highest BCUT2D eigenvalue weighted by molar-refractivity contribution is 6.36. The van der Waals surface area contributed by atoms with Crippen molar-refractivity contribution in [1.82, 2.24) is 15.3 Å². The molecule has 0 unspecified atom stereocenters. The highest BCUT2D eigenvalue weighted by atomic mass is 16.2. The number of benzene rings is 1. The number of ketones is 1. The zero-order chi connectivity index (χ0) is 18.5. The first kappa shape index (κ1) is 17.9. The first-order valence-corrected chi connectivity index (χ1v) is 8.93. The average molecular weight is 349 g/mol. The second kappa shape index (κ2) is 7.95. The molecule has 3 aromatic rings. The summed E-state index contributed by atoms with van der Waals surface area (Å²) in [7, 11) is 0. The number of amides is 1. The predicted octanol–water partition coefficient (Wildman–Crippen LogP) is 3.50. The van der Waals surface area contributed by atoms with Crippen LogP contribution in [0.4, 0.5) is 0 Å². The molecule has 0 saturated carbocycles. The molecule has 3 rings (SSSR count). The summed E-state index contributed by atoms with van der Waals surface area (Å²) in [6.45, 7) is 4.10. The number of nitrogens with zero attached hydrogens (tertiary/aromatic N) is 1. The van der Waals surface area contributed by atoms with Crippen molar-refractivity contribution >= 4 is 22.6 Å². The molecule has 26 heavy (non-hydrogen) atoms. The van der Waals surface area contributed by atoms with Crippen LogP contribution >= 0.6 is 0 Å². The molecule has 0 fully saturated rings. The lowest BCUT2D eigenvalue weighted by Gasteiger charge is -2.09. The first-order valence-electron chi connectivity index (χ1n) is 8.93. The maximum atomic E-state index is 12.0. The van der Waals surface area contributed by atoms with Crippen LogP contribution in [-0.4, -0.2) is 28.2 Å². The van der Waals surface area contributed by atoms with Gasteiger partial charge in [0.15, 0.2) is 0 Å². The number of para-hydroxylation sites is 1. The monoisotopic (exact) mass is 349 g/mol. The van der Waals surface area contributed by atoms with Crippen LogP contribution in [0.15, 0.2) is 48.8 Å². The van der Waals surface area contributed by atoms with Crippen molar-refractivity contribution in [2.75, 3.05) is 6.54 Å². The number of hydrogen-bond donors (Lipinski definition) is 2. The molecular formula is C21H23N3O2. The van der Waals surface area contributed by atoms with E-state index in [1.807, 2.05) is 43.5 Å². The molecule has 0 aliphatic carbocycles. The Labute approximate surface area is 152 Å². The fourth-order valence-electron chi connectivity index (χ4n) is 3.01. The number of Topliss-reactive ketones (excluding diaryl/α,β-unsaturated/α-hetero) is 1. The van der Waals surface area contributed by atoms with Crippen LogP contribution in [0.2, 0.25) is 0 Å². The molecule has 0 bridgehead atoms. The number of carbonyl (C=O) groups excluding carboxylic acids is 2. The summed E-state index contributed by atoms with van der Waals surface area (Å²) >= 11 is 0. The molecule has 1 atom stereocenters. The summed E-state index contributed by atoms with van der Waals surface area (Å²) in [4.78, 5) is 31.6. The fraction of sp³-hybridized carbons (Fsp3) is 0.286. The van der Waals surface area contributed by atoms with Crippen LogP contribution in [0.1, 0.15) is 25.8 Å². The van der Waals surface area contributed by atoms with Crippen LogP contribution in [0.3, 0.4) is 0 Å². The lowest BCUT2D eigenvalue weighted by Crippen LogP contribution is -2.35. The zero-order valence-corrected chi connectivity index (χ0v) is 15.1. The van der Waals surface area contributed by atoms with E-state index in [1.165, 1.54) is 0 Å². The Bertz CT molecular complexity index is 915. The molecule has 5 heteroatoms. The maximum absolute atomic E-state index is 12.0. The van der Waals surface area contributed by atoms with E-state index >= 15 is 0 Å². The van der Waals surface area contributed by atoms with Crippen molar-refractivity contribution in [2.45, 2.75) is 26.7 Å². The SMILES string of the molecule is CC[C@@H](C)C(=O)C(=O)NCCc1c(-c2cccnc2)[nH]c2ccccc12. The van der Waals surface area contributed by atoms with Crippen LogP contribution < -0.4 is 5.32 Å². The molecule has 5 nitrogen and oxygen atoms in total. The standard InChI is InChI=1S/C21H23N3O2/c1-3-14(2)20(25)21(26)23-12-10-17-16-8-4-5-9-18(16)24-19(17)15-7-6-11-22-13-15/h4-9,11,13-14,24H,3,10,12H2,1-2H3,(H,23,26)/t14-/m1/s1. The quantitative estimate of drug-likeness (QED) is 0.641. The predicted molar refractivity (Wildman–Crippen MR) is 103 cm³/mol.